The molecule has 0 aliphatic carbocycles. The Morgan fingerprint density at radius 2 is 1.81 bits per heavy atom. The molecule has 0 aliphatic heterocycles. The number of ether oxygens (including phenoxy) is 1. The SMILES string of the molecule is COc1cc(F)c(Br)cc1C(O)c1c(F)ccc(C)c1F. The van der Waals surface area contributed by atoms with Crippen molar-refractivity contribution in [3.63, 3.8) is 0 Å². The van der Waals surface area contributed by atoms with E-state index in [1.807, 2.05) is 0 Å². The molecule has 0 saturated heterocycles. The number of halogens is 4. The zero-order valence-corrected chi connectivity index (χ0v) is 12.8. The van der Waals surface area contributed by atoms with E-state index in [0.717, 1.165) is 12.1 Å². The Hall–Kier alpha value is -1.53. The van der Waals surface area contributed by atoms with Gasteiger partial charge in [0.15, 0.2) is 0 Å². The second kappa shape index (κ2) is 6.07. The van der Waals surface area contributed by atoms with E-state index in [4.69, 9.17) is 4.74 Å². The van der Waals surface area contributed by atoms with Crippen LogP contribution in [0.3, 0.4) is 0 Å². The zero-order chi connectivity index (χ0) is 15.7. The molecule has 1 unspecified atom stereocenters. The minimum absolute atomic E-state index is 0.00325. The normalized spacial score (nSPS) is 12.3. The Morgan fingerprint density at radius 1 is 1.14 bits per heavy atom. The third-order valence-electron chi connectivity index (χ3n) is 3.16. The predicted molar refractivity (Wildman–Crippen MR) is 75.8 cm³/mol. The number of benzene rings is 2. The summed E-state index contributed by atoms with van der Waals surface area (Å²) >= 11 is 2.97. The van der Waals surface area contributed by atoms with Crippen LogP contribution in [-0.2, 0) is 0 Å². The van der Waals surface area contributed by atoms with Crippen molar-refractivity contribution in [2.45, 2.75) is 13.0 Å². The summed E-state index contributed by atoms with van der Waals surface area (Å²) in [7, 11) is 1.28. The van der Waals surface area contributed by atoms with Gasteiger partial charge in [0.1, 0.15) is 29.3 Å². The average molecular weight is 361 g/mol. The molecule has 0 heterocycles. The fraction of sp³-hybridized carbons (Fsp3) is 0.200. The molecule has 0 saturated carbocycles. The lowest BCUT2D eigenvalue weighted by Crippen LogP contribution is -2.09. The van der Waals surface area contributed by atoms with Gasteiger partial charge in [0.2, 0.25) is 0 Å². The summed E-state index contributed by atoms with van der Waals surface area (Å²) in [6.07, 6.45) is -1.61. The minimum atomic E-state index is -1.61. The molecular weight excluding hydrogens is 349 g/mol. The molecule has 0 bridgehead atoms. The van der Waals surface area contributed by atoms with Gasteiger partial charge < -0.3 is 9.84 Å². The van der Waals surface area contributed by atoms with E-state index in [2.05, 4.69) is 15.9 Å². The van der Waals surface area contributed by atoms with Gasteiger partial charge in [-0.2, -0.15) is 0 Å². The van der Waals surface area contributed by atoms with Crippen molar-refractivity contribution < 1.29 is 23.0 Å². The van der Waals surface area contributed by atoms with Gasteiger partial charge in [0, 0.05) is 11.6 Å². The van der Waals surface area contributed by atoms with E-state index >= 15 is 0 Å². The van der Waals surface area contributed by atoms with Crippen LogP contribution in [0.25, 0.3) is 0 Å². The number of aryl methyl sites for hydroxylation is 1. The lowest BCUT2D eigenvalue weighted by molar-refractivity contribution is 0.203. The van der Waals surface area contributed by atoms with Gasteiger partial charge in [-0.3, -0.25) is 0 Å². The first-order valence-corrected chi connectivity index (χ1v) is 6.81. The van der Waals surface area contributed by atoms with E-state index in [-0.39, 0.29) is 21.3 Å². The highest BCUT2D eigenvalue weighted by atomic mass is 79.9. The summed E-state index contributed by atoms with van der Waals surface area (Å²) in [5, 5.41) is 10.3. The molecule has 1 atom stereocenters. The fourth-order valence-electron chi connectivity index (χ4n) is 2.02. The third kappa shape index (κ3) is 2.91. The number of aliphatic hydroxyl groups is 1. The molecule has 0 aliphatic rings. The van der Waals surface area contributed by atoms with E-state index in [9.17, 15) is 18.3 Å². The molecule has 2 aromatic rings. The van der Waals surface area contributed by atoms with Gasteiger partial charge in [-0.25, -0.2) is 13.2 Å². The molecular formula is C15H12BrF3O2. The fourth-order valence-corrected chi connectivity index (χ4v) is 2.38. The van der Waals surface area contributed by atoms with Crippen molar-refractivity contribution in [3.8, 4) is 5.75 Å². The van der Waals surface area contributed by atoms with E-state index in [1.165, 1.54) is 26.2 Å². The van der Waals surface area contributed by atoms with Gasteiger partial charge in [-0.05, 0) is 40.5 Å². The lowest BCUT2D eigenvalue weighted by Gasteiger charge is -2.18. The number of methoxy groups -OCH3 is 1. The van der Waals surface area contributed by atoms with E-state index < -0.39 is 29.1 Å². The Kier molecular flexibility index (Phi) is 4.58. The van der Waals surface area contributed by atoms with Crippen LogP contribution in [0.5, 0.6) is 5.75 Å². The van der Waals surface area contributed by atoms with Gasteiger partial charge in [-0.15, -0.1) is 0 Å². The monoisotopic (exact) mass is 360 g/mol. The minimum Gasteiger partial charge on any atom is -0.496 e. The van der Waals surface area contributed by atoms with Crippen molar-refractivity contribution in [2.24, 2.45) is 0 Å². The number of hydrogen-bond donors (Lipinski definition) is 1. The Labute approximate surface area is 128 Å². The number of hydrogen-bond acceptors (Lipinski definition) is 2. The topological polar surface area (TPSA) is 29.5 Å². The molecule has 2 aromatic carbocycles. The molecule has 6 heteroatoms. The van der Waals surface area contributed by atoms with Crippen molar-refractivity contribution in [2.75, 3.05) is 7.11 Å². The second-order valence-corrected chi connectivity index (χ2v) is 5.36. The predicted octanol–water partition coefficient (Wildman–Crippen LogP) is 4.27. The largest absolute Gasteiger partial charge is 0.496 e. The summed E-state index contributed by atoms with van der Waals surface area (Å²) < 4.78 is 46.4. The molecule has 112 valence electrons. The van der Waals surface area contributed by atoms with Crippen LogP contribution in [0, 0.1) is 24.4 Å². The Balaban J connectivity index is 2.63. The van der Waals surface area contributed by atoms with Gasteiger partial charge in [0.05, 0.1) is 17.1 Å². The van der Waals surface area contributed by atoms with Crippen LogP contribution >= 0.6 is 15.9 Å². The highest BCUT2D eigenvalue weighted by molar-refractivity contribution is 9.10. The van der Waals surface area contributed by atoms with Crippen molar-refractivity contribution >= 4 is 15.9 Å². The quantitative estimate of drug-likeness (QED) is 0.885. The van der Waals surface area contributed by atoms with Crippen LogP contribution in [0.15, 0.2) is 28.7 Å². The van der Waals surface area contributed by atoms with Crippen LogP contribution in [0.2, 0.25) is 0 Å². The number of rotatable bonds is 3. The maximum absolute atomic E-state index is 14.1. The molecule has 0 spiro atoms. The zero-order valence-electron chi connectivity index (χ0n) is 11.3. The highest BCUT2D eigenvalue weighted by Gasteiger charge is 2.25. The van der Waals surface area contributed by atoms with E-state index in [1.54, 1.807) is 0 Å². The Morgan fingerprint density at radius 3 is 2.43 bits per heavy atom. The summed E-state index contributed by atoms with van der Waals surface area (Å²) in [5.74, 6) is -2.32. The van der Waals surface area contributed by atoms with Crippen molar-refractivity contribution in [3.05, 3.63) is 62.9 Å². The van der Waals surface area contributed by atoms with E-state index in [0.29, 0.717) is 0 Å². The lowest BCUT2D eigenvalue weighted by atomic mass is 9.97. The van der Waals surface area contributed by atoms with Crippen LogP contribution < -0.4 is 4.74 Å². The highest BCUT2D eigenvalue weighted by Crippen LogP contribution is 2.36. The van der Waals surface area contributed by atoms with Crippen molar-refractivity contribution in [1.82, 2.24) is 0 Å². The first kappa shape index (κ1) is 15.9. The van der Waals surface area contributed by atoms with Crippen molar-refractivity contribution in [1.29, 1.82) is 0 Å². The van der Waals surface area contributed by atoms with Gasteiger partial charge in [0.25, 0.3) is 0 Å². The van der Waals surface area contributed by atoms with Crippen LogP contribution in [0.4, 0.5) is 13.2 Å². The standard InChI is InChI=1S/C15H12BrF3O2/c1-7-3-4-10(17)13(14(7)19)15(20)8-5-9(16)11(18)6-12(8)21-2/h3-6,15,20H,1-2H3. The number of aliphatic hydroxyl groups excluding tert-OH is 1. The first-order valence-electron chi connectivity index (χ1n) is 6.02. The molecule has 0 fully saturated rings. The molecule has 1 N–H and O–H groups in total. The van der Waals surface area contributed by atoms with Crippen LogP contribution in [0.1, 0.15) is 22.8 Å². The molecule has 21 heavy (non-hydrogen) atoms. The van der Waals surface area contributed by atoms with Crippen LogP contribution in [-0.4, -0.2) is 12.2 Å². The molecule has 0 aromatic heterocycles. The average Bonchev–Trinajstić information content (AvgIpc) is 2.45. The summed E-state index contributed by atoms with van der Waals surface area (Å²) in [6, 6.07) is 4.62. The van der Waals surface area contributed by atoms with Gasteiger partial charge in [-0.1, -0.05) is 6.07 Å². The Bertz CT molecular complexity index is 689. The maximum Gasteiger partial charge on any atom is 0.141 e. The molecule has 0 radical (unpaired) electrons. The smallest absolute Gasteiger partial charge is 0.141 e. The molecule has 2 rings (SSSR count). The molecule has 2 nitrogen and oxygen atoms in total. The second-order valence-electron chi connectivity index (χ2n) is 4.50. The summed E-state index contributed by atoms with van der Waals surface area (Å²) in [6.45, 7) is 1.46. The molecule has 0 amide bonds. The summed E-state index contributed by atoms with van der Waals surface area (Å²) in [5.41, 5.74) is -0.230. The van der Waals surface area contributed by atoms with Gasteiger partial charge >= 0.3 is 0 Å². The maximum atomic E-state index is 14.1. The third-order valence-corrected chi connectivity index (χ3v) is 3.77. The summed E-state index contributed by atoms with van der Waals surface area (Å²) in [4.78, 5) is 0. The first-order chi connectivity index (χ1) is 9.86.